The van der Waals surface area contributed by atoms with Gasteiger partial charge in [-0.3, -0.25) is 0 Å². The Morgan fingerprint density at radius 3 is 2.39 bits per heavy atom. The van der Waals surface area contributed by atoms with E-state index in [1.807, 2.05) is 72.8 Å². The summed E-state index contributed by atoms with van der Waals surface area (Å²) in [6.07, 6.45) is 0. The topological polar surface area (TPSA) is 73.4 Å². The molecule has 0 aliphatic heterocycles. The standard InChI is InChI=1S/C27H22N2O4/c1-31-19-10-8-18(9-11-19)23-15-22(27(30)32-2)26-25(28-23)21-13-12-20(14-24(21)29-26)33-16-17-6-4-3-5-7-17/h3-15,29H,16H2,1-2H3. The highest BCUT2D eigenvalue weighted by Gasteiger charge is 2.18. The van der Waals surface area contributed by atoms with Crippen LogP contribution in [0.1, 0.15) is 15.9 Å². The molecule has 0 atom stereocenters. The van der Waals surface area contributed by atoms with E-state index in [1.165, 1.54) is 7.11 Å². The third-order valence-electron chi connectivity index (χ3n) is 5.56. The molecule has 6 heteroatoms. The molecular weight excluding hydrogens is 416 g/mol. The van der Waals surface area contributed by atoms with Crippen molar-refractivity contribution in [1.82, 2.24) is 9.97 Å². The van der Waals surface area contributed by atoms with Crippen molar-refractivity contribution in [3.8, 4) is 22.8 Å². The maximum Gasteiger partial charge on any atom is 0.340 e. The third-order valence-corrected chi connectivity index (χ3v) is 5.56. The number of hydrogen-bond acceptors (Lipinski definition) is 5. The summed E-state index contributed by atoms with van der Waals surface area (Å²) in [5.41, 5.74) is 5.24. The van der Waals surface area contributed by atoms with Crippen LogP contribution in [0, 0.1) is 0 Å². The maximum absolute atomic E-state index is 12.6. The Morgan fingerprint density at radius 1 is 0.909 bits per heavy atom. The number of carbonyl (C=O) groups is 1. The SMILES string of the molecule is COC(=O)c1cc(-c2ccc(OC)cc2)nc2c1[nH]c1cc(OCc3ccccc3)ccc12. The Hall–Kier alpha value is -4.32. The quantitative estimate of drug-likeness (QED) is 0.341. The Bertz CT molecular complexity index is 1440. The molecule has 6 nitrogen and oxygen atoms in total. The van der Waals surface area contributed by atoms with E-state index in [0.717, 1.165) is 33.5 Å². The number of methoxy groups -OCH3 is 2. The number of rotatable bonds is 6. The normalized spacial score (nSPS) is 11.0. The van der Waals surface area contributed by atoms with Gasteiger partial charge in [-0.05, 0) is 48.0 Å². The van der Waals surface area contributed by atoms with Crippen molar-refractivity contribution < 1.29 is 19.0 Å². The van der Waals surface area contributed by atoms with Gasteiger partial charge in [0.2, 0.25) is 0 Å². The number of benzene rings is 3. The molecule has 0 amide bonds. The smallest absolute Gasteiger partial charge is 0.340 e. The average molecular weight is 438 g/mol. The van der Waals surface area contributed by atoms with E-state index in [-0.39, 0.29) is 0 Å². The fourth-order valence-electron chi connectivity index (χ4n) is 3.85. The van der Waals surface area contributed by atoms with E-state index in [9.17, 15) is 4.79 Å². The van der Waals surface area contributed by atoms with Gasteiger partial charge in [0.1, 0.15) is 18.1 Å². The summed E-state index contributed by atoms with van der Waals surface area (Å²) in [4.78, 5) is 20.8. The lowest BCUT2D eigenvalue weighted by atomic mass is 10.1. The van der Waals surface area contributed by atoms with Gasteiger partial charge < -0.3 is 19.2 Å². The molecule has 164 valence electrons. The van der Waals surface area contributed by atoms with Crippen molar-refractivity contribution in [2.45, 2.75) is 6.61 Å². The minimum atomic E-state index is -0.427. The monoisotopic (exact) mass is 438 g/mol. The van der Waals surface area contributed by atoms with Crippen LogP contribution >= 0.6 is 0 Å². The van der Waals surface area contributed by atoms with Crippen molar-refractivity contribution in [2.75, 3.05) is 14.2 Å². The fraction of sp³-hybridized carbons (Fsp3) is 0.111. The van der Waals surface area contributed by atoms with Crippen LogP contribution in [0.15, 0.2) is 78.9 Å². The molecule has 3 aromatic carbocycles. The average Bonchev–Trinajstić information content (AvgIpc) is 3.25. The predicted octanol–water partition coefficient (Wildman–Crippen LogP) is 5.76. The molecule has 2 heterocycles. The van der Waals surface area contributed by atoms with Gasteiger partial charge in [0.05, 0.1) is 42.0 Å². The highest BCUT2D eigenvalue weighted by Crippen LogP contribution is 2.33. The number of ether oxygens (including phenoxy) is 3. The van der Waals surface area contributed by atoms with Crippen LogP contribution < -0.4 is 9.47 Å². The molecule has 2 aromatic heterocycles. The van der Waals surface area contributed by atoms with Gasteiger partial charge in [0.15, 0.2) is 0 Å². The molecule has 33 heavy (non-hydrogen) atoms. The van der Waals surface area contributed by atoms with Crippen LogP contribution in [0.5, 0.6) is 11.5 Å². The summed E-state index contributed by atoms with van der Waals surface area (Å²) in [7, 11) is 3.00. The van der Waals surface area contributed by atoms with Crippen LogP contribution in [-0.2, 0) is 11.3 Å². The highest BCUT2D eigenvalue weighted by molar-refractivity contribution is 6.13. The minimum absolute atomic E-state index is 0.427. The van der Waals surface area contributed by atoms with Crippen molar-refractivity contribution >= 4 is 27.9 Å². The molecule has 0 spiro atoms. The lowest BCUT2D eigenvalue weighted by molar-refractivity contribution is 0.0602. The van der Waals surface area contributed by atoms with Gasteiger partial charge in [-0.25, -0.2) is 9.78 Å². The first-order valence-electron chi connectivity index (χ1n) is 10.5. The minimum Gasteiger partial charge on any atom is -0.497 e. The van der Waals surface area contributed by atoms with E-state index < -0.39 is 5.97 Å². The molecule has 1 N–H and O–H groups in total. The summed E-state index contributed by atoms with van der Waals surface area (Å²) in [6.45, 7) is 0.472. The molecule has 0 aliphatic carbocycles. The second-order valence-electron chi connectivity index (χ2n) is 7.61. The zero-order chi connectivity index (χ0) is 22.8. The number of fused-ring (bicyclic) bond motifs is 3. The van der Waals surface area contributed by atoms with Gasteiger partial charge >= 0.3 is 5.97 Å². The lowest BCUT2D eigenvalue weighted by Crippen LogP contribution is -2.03. The zero-order valence-electron chi connectivity index (χ0n) is 18.3. The van der Waals surface area contributed by atoms with Gasteiger partial charge in [0.25, 0.3) is 0 Å². The van der Waals surface area contributed by atoms with E-state index in [2.05, 4.69) is 4.98 Å². The van der Waals surface area contributed by atoms with Crippen molar-refractivity contribution in [3.05, 3.63) is 90.0 Å². The van der Waals surface area contributed by atoms with Crippen LogP contribution in [-0.4, -0.2) is 30.2 Å². The Labute approximate surface area is 190 Å². The number of pyridine rings is 1. The molecule has 0 unspecified atom stereocenters. The lowest BCUT2D eigenvalue weighted by Gasteiger charge is -2.07. The highest BCUT2D eigenvalue weighted by atomic mass is 16.5. The fourth-order valence-corrected chi connectivity index (χ4v) is 3.85. The Balaban J connectivity index is 1.58. The van der Waals surface area contributed by atoms with Crippen LogP contribution in [0.25, 0.3) is 33.2 Å². The van der Waals surface area contributed by atoms with Gasteiger partial charge in [-0.2, -0.15) is 0 Å². The molecule has 5 aromatic rings. The van der Waals surface area contributed by atoms with E-state index in [1.54, 1.807) is 13.2 Å². The van der Waals surface area contributed by atoms with Crippen molar-refractivity contribution in [1.29, 1.82) is 0 Å². The molecule has 5 rings (SSSR count). The number of nitrogens with zero attached hydrogens (tertiary/aromatic N) is 1. The maximum atomic E-state index is 12.6. The molecule has 0 saturated heterocycles. The number of hydrogen-bond donors (Lipinski definition) is 1. The summed E-state index contributed by atoms with van der Waals surface area (Å²) in [5, 5.41) is 0.901. The van der Waals surface area contributed by atoms with E-state index in [0.29, 0.717) is 28.9 Å². The molecule has 0 saturated carbocycles. The summed E-state index contributed by atoms with van der Waals surface area (Å²) < 4.78 is 16.3. The molecule has 0 aliphatic rings. The van der Waals surface area contributed by atoms with Crippen LogP contribution in [0.3, 0.4) is 0 Å². The first-order valence-corrected chi connectivity index (χ1v) is 10.5. The summed E-state index contributed by atoms with van der Waals surface area (Å²) >= 11 is 0. The van der Waals surface area contributed by atoms with Gasteiger partial charge in [-0.1, -0.05) is 30.3 Å². The van der Waals surface area contributed by atoms with Crippen molar-refractivity contribution in [2.24, 2.45) is 0 Å². The first-order chi connectivity index (χ1) is 16.2. The summed E-state index contributed by atoms with van der Waals surface area (Å²) in [6, 6.07) is 25.1. The Morgan fingerprint density at radius 2 is 1.67 bits per heavy atom. The third kappa shape index (κ3) is 3.99. The molecule has 0 fully saturated rings. The number of aromatic nitrogens is 2. The van der Waals surface area contributed by atoms with Crippen LogP contribution in [0.4, 0.5) is 0 Å². The van der Waals surface area contributed by atoms with Crippen LogP contribution in [0.2, 0.25) is 0 Å². The van der Waals surface area contributed by atoms with E-state index in [4.69, 9.17) is 19.2 Å². The summed E-state index contributed by atoms with van der Waals surface area (Å²) in [5.74, 6) is 1.06. The number of aromatic amines is 1. The predicted molar refractivity (Wildman–Crippen MR) is 128 cm³/mol. The zero-order valence-corrected chi connectivity index (χ0v) is 18.3. The second-order valence-corrected chi connectivity index (χ2v) is 7.61. The molecule has 0 radical (unpaired) electrons. The second kappa shape index (κ2) is 8.67. The molecular formula is C27H22N2O4. The van der Waals surface area contributed by atoms with E-state index >= 15 is 0 Å². The number of nitrogens with one attached hydrogen (secondary N) is 1. The van der Waals surface area contributed by atoms with Crippen molar-refractivity contribution in [3.63, 3.8) is 0 Å². The molecule has 0 bridgehead atoms. The number of H-pyrrole nitrogens is 1. The first kappa shape index (κ1) is 20.6. The van der Waals surface area contributed by atoms with Gasteiger partial charge in [-0.15, -0.1) is 0 Å². The van der Waals surface area contributed by atoms with Gasteiger partial charge in [0, 0.05) is 17.0 Å². The number of carbonyl (C=O) groups excluding carboxylic acids is 1. The Kier molecular flexibility index (Phi) is 5.40. The largest absolute Gasteiger partial charge is 0.497 e. The number of esters is 1.